The number of aromatic nitrogens is 1. The van der Waals surface area contributed by atoms with E-state index in [0.717, 1.165) is 51.3 Å². The lowest BCUT2D eigenvalue weighted by molar-refractivity contribution is 0.297. The number of ether oxygens (including phenoxy) is 2. The molecule has 1 aliphatic heterocycles. The zero-order chi connectivity index (χ0) is 18.1. The Bertz CT molecular complexity index is 936. The highest BCUT2D eigenvalue weighted by Gasteiger charge is 2.17. The third-order valence-corrected chi connectivity index (χ3v) is 4.40. The summed E-state index contributed by atoms with van der Waals surface area (Å²) in [5, 5.41) is 5.54. The van der Waals surface area contributed by atoms with Gasteiger partial charge in [-0.15, -0.1) is 0 Å². The van der Waals surface area contributed by atoms with Crippen LogP contribution in [0.15, 0.2) is 42.6 Å². The lowest BCUT2D eigenvalue weighted by Gasteiger charge is -2.17. The van der Waals surface area contributed by atoms with Crippen LogP contribution in [0.5, 0.6) is 11.5 Å². The first kappa shape index (κ1) is 16.5. The number of hydrogen-bond acceptors (Lipinski definition) is 5. The first-order valence-electron chi connectivity index (χ1n) is 8.96. The van der Waals surface area contributed by atoms with Gasteiger partial charge in [-0.1, -0.05) is 12.1 Å². The standard InChI is InChI=1S/C21H23N3O2/c1-13(2)24-21-17-11-20-19(25-8-3-9-26-20)10-16(17)18(12-23-21)14-4-6-15(22)7-5-14/h4-7,10-13H,3,8-9,22H2,1-2H3,(H,23,24). The third-order valence-electron chi connectivity index (χ3n) is 4.40. The molecule has 5 heteroatoms. The molecule has 5 nitrogen and oxygen atoms in total. The van der Waals surface area contributed by atoms with E-state index in [1.54, 1.807) is 0 Å². The minimum Gasteiger partial charge on any atom is -0.490 e. The third kappa shape index (κ3) is 3.12. The van der Waals surface area contributed by atoms with E-state index in [4.69, 9.17) is 15.2 Å². The van der Waals surface area contributed by atoms with Crippen molar-refractivity contribution in [1.29, 1.82) is 0 Å². The molecule has 0 fully saturated rings. The zero-order valence-electron chi connectivity index (χ0n) is 15.1. The molecule has 0 radical (unpaired) electrons. The molecule has 0 unspecified atom stereocenters. The van der Waals surface area contributed by atoms with Gasteiger partial charge in [-0.05, 0) is 49.1 Å². The number of nitrogens with zero attached hydrogens (tertiary/aromatic N) is 1. The summed E-state index contributed by atoms with van der Waals surface area (Å²) in [7, 11) is 0. The number of benzene rings is 2. The lowest BCUT2D eigenvalue weighted by Crippen LogP contribution is -2.11. The van der Waals surface area contributed by atoms with Crippen molar-refractivity contribution >= 4 is 22.3 Å². The van der Waals surface area contributed by atoms with E-state index in [1.807, 2.05) is 36.5 Å². The predicted molar refractivity (Wildman–Crippen MR) is 106 cm³/mol. The molecule has 0 saturated heterocycles. The van der Waals surface area contributed by atoms with E-state index in [1.165, 1.54) is 0 Å². The van der Waals surface area contributed by atoms with Crippen LogP contribution in [0.1, 0.15) is 20.3 Å². The fourth-order valence-electron chi connectivity index (χ4n) is 3.18. The van der Waals surface area contributed by atoms with E-state index in [9.17, 15) is 0 Å². The average Bonchev–Trinajstić information content (AvgIpc) is 2.86. The van der Waals surface area contributed by atoms with Gasteiger partial charge < -0.3 is 20.5 Å². The molecule has 4 rings (SSSR count). The van der Waals surface area contributed by atoms with Crippen molar-refractivity contribution in [3.8, 4) is 22.6 Å². The normalized spacial score (nSPS) is 13.7. The molecule has 134 valence electrons. The van der Waals surface area contributed by atoms with E-state index in [0.29, 0.717) is 13.2 Å². The van der Waals surface area contributed by atoms with Crippen molar-refractivity contribution in [1.82, 2.24) is 4.98 Å². The molecule has 0 saturated carbocycles. The second-order valence-corrected chi connectivity index (χ2v) is 6.84. The van der Waals surface area contributed by atoms with Crippen LogP contribution in [-0.2, 0) is 0 Å². The molecule has 2 heterocycles. The summed E-state index contributed by atoms with van der Waals surface area (Å²) >= 11 is 0. The van der Waals surface area contributed by atoms with E-state index in [2.05, 4.69) is 30.2 Å². The van der Waals surface area contributed by atoms with Gasteiger partial charge >= 0.3 is 0 Å². The smallest absolute Gasteiger partial charge is 0.161 e. The largest absolute Gasteiger partial charge is 0.490 e. The highest BCUT2D eigenvalue weighted by atomic mass is 16.5. The number of rotatable bonds is 3. The molecule has 0 aliphatic carbocycles. The Morgan fingerprint density at radius 2 is 1.65 bits per heavy atom. The maximum absolute atomic E-state index is 5.90. The Labute approximate surface area is 153 Å². The van der Waals surface area contributed by atoms with Gasteiger partial charge in [-0.25, -0.2) is 4.98 Å². The molecule has 0 amide bonds. The Morgan fingerprint density at radius 1 is 1.00 bits per heavy atom. The summed E-state index contributed by atoms with van der Waals surface area (Å²) in [6, 6.07) is 12.2. The van der Waals surface area contributed by atoms with Crippen LogP contribution in [0.25, 0.3) is 21.9 Å². The Hall–Kier alpha value is -2.95. The number of hydrogen-bond donors (Lipinski definition) is 2. The highest BCUT2D eigenvalue weighted by Crippen LogP contribution is 2.40. The van der Waals surface area contributed by atoms with Gasteiger partial charge in [0.25, 0.3) is 0 Å². The average molecular weight is 349 g/mol. The summed E-state index contributed by atoms with van der Waals surface area (Å²) in [6.45, 7) is 5.53. The molecule has 2 aromatic carbocycles. The van der Waals surface area contributed by atoms with Crippen LogP contribution in [0.3, 0.4) is 0 Å². The van der Waals surface area contributed by atoms with Crippen LogP contribution in [0.2, 0.25) is 0 Å². The maximum atomic E-state index is 5.90. The van der Waals surface area contributed by atoms with E-state index in [-0.39, 0.29) is 6.04 Å². The van der Waals surface area contributed by atoms with Crippen molar-refractivity contribution in [3.63, 3.8) is 0 Å². The van der Waals surface area contributed by atoms with Crippen LogP contribution in [0, 0.1) is 0 Å². The van der Waals surface area contributed by atoms with Crippen LogP contribution in [-0.4, -0.2) is 24.2 Å². The number of nitrogen functional groups attached to an aromatic ring is 1. The molecule has 26 heavy (non-hydrogen) atoms. The first-order chi connectivity index (χ1) is 12.6. The number of nitrogens with one attached hydrogen (secondary N) is 1. The van der Waals surface area contributed by atoms with Crippen LogP contribution in [0.4, 0.5) is 11.5 Å². The van der Waals surface area contributed by atoms with Crippen LogP contribution >= 0.6 is 0 Å². The number of fused-ring (bicyclic) bond motifs is 2. The molecular weight excluding hydrogens is 326 g/mol. The zero-order valence-corrected chi connectivity index (χ0v) is 15.1. The molecule has 3 N–H and O–H groups in total. The van der Waals surface area contributed by atoms with Gasteiger partial charge in [-0.3, -0.25) is 0 Å². The Balaban J connectivity index is 1.95. The summed E-state index contributed by atoms with van der Waals surface area (Å²) in [4.78, 5) is 4.68. The van der Waals surface area contributed by atoms with Gasteiger partial charge in [0.05, 0.1) is 13.2 Å². The minimum absolute atomic E-state index is 0.282. The van der Waals surface area contributed by atoms with Gasteiger partial charge in [-0.2, -0.15) is 0 Å². The number of anilines is 2. The summed E-state index contributed by atoms with van der Waals surface area (Å²) < 4.78 is 11.8. The molecular formula is C21H23N3O2. The number of nitrogens with two attached hydrogens (primary N) is 1. The molecule has 1 aliphatic rings. The van der Waals surface area contributed by atoms with Gasteiger partial charge in [0.2, 0.25) is 0 Å². The fraction of sp³-hybridized carbons (Fsp3) is 0.286. The monoisotopic (exact) mass is 349 g/mol. The lowest BCUT2D eigenvalue weighted by atomic mass is 9.99. The number of pyridine rings is 1. The van der Waals surface area contributed by atoms with E-state index >= 15 is 0 Å². The van der Waals surface area contributed by atoms with Gasteiger partial charge in [0, 0.05) is 35.3 Å². The van der Waals surface area contributed by atoms with Crippen molar-refractivity contribution in [3.05, 3.63) is 42.6 Å². The molecule has 3 aromatic rings. The summed E-state index contributed by atoms with van der Waals surface area (Å²) in [6.07, 6.45) is 2.79. The Kier molecular flexibility index (Phi) is 4.29. The van der Waals surface area contributed by atoms with Crippen LogP contribution < -0.4 is 20.5 Å². The Morgan fingerprint density at radius 3 is 2.31 bits per heavy atom. The summed E-state index contributed by atoms with van der Waals surface area (Å²) in [5.41, 5.74) is 8.71. The second-order valence-electron chi connectivity index (χ2n) is 6.84. The summed E-state index contributed by atoms with van der Waals surface area (Å²) in [5.74, 6) is 2.41. The quantitative estimate of drug-likeness (QED) is 0.683. The maximum Gasteiger partial charge on any atom is 0.161 e. The molecule has 0 bridgehead atoms. The SMILES string of the molecule is CC(C)Nc1ncc(-c2ccc(N)cc2)c2cc3c(cc12)OCCCO3. The minimum atomic E-state index is 0.282. The predicted octanol–water partition coefficient (Wildman–Crippen LogP) is 4.47. The van der Waals surface area contributed by atoms with Gasteiger partial charge in [0.15, 0.2) is 11.5 Å². The highest BCUT2D eigenvalue weighted by molar-refractivity contribution is 6.03. The van der Waals surface area contributed by atoms with Crippen molar-refractivity contribution < 1.29 is 9.47 Å². The fourth-order valence-corrected chi connectivity index (χ4v) is 3.18. The second kappa shape index (κ2) is 6.75. The van der Waals surface area contributed by atoms with Crippen molar-refractivity contribution in [2.24, 2.45) is 0 Å². The van der Waals surface area contributed by atoms with Crippen molar-refractivity contribution in [2.45, 2.75) is 26.3 Å². The molecule has 1 aromatic heterocycles. The van der Waals surface area contributed by atoms with E-state index < -0.39 is 0 Å². The van der Waals surface area contributed by atoms with Crippen molar-refractivity contribution in [2.75, 3.05) is 24.3 Å². The molecule has 0 atom stereocenters. The van der Waals surface area contributed by atoms with Gasteiger partial charge in [0.1, 0.15) is 5.82 Å². The molecule has 0 spiro atoms. The topological polar surface area (TPSA) is 69.4 Å². The first-order valence-corrected chi connectivity index (χ1v) is 8.96.